The van der Waals surface area contributed by atoms with E-state index in [4.69, 9.17) is 0 Å². The minimum absolute atomic E-state index is 0.300. The second-order valence-corrected chi connectivity index (χ2v) is 7.55. The summed E-state index contributed by atoms with van der Waals surface area (Å²) < 4.78 is 0. The Morgan fingerprint density at radius 3 is 2.38 bits per heavy atom. The standard InChI is InChI=1S/C20H33N3O/c1-17(2)23-14-13-22(16-20(23)10-15-24)19-8-11-21(12-9-19)18-6-4-3-5-7-18/h3-7,17,19-20,24H,8-16H2,1-2H3. The summed E-state index contributed by atoms with van der Waals surface area (Å²) in [7, 11) is 0. The lowest BCUT2D eigenvalue weighted by Gasteiger charge is -2.48. The van der Waals surface area contributed by atoms with Gasteiger partial charge in [-0.15, -0.1) is 0 Å². The third-order valence-electron chi connectivity index (χ3n) is 5.79. The number of piperazine rings is 1. The van der Waals surface area contributed by atoms with E-state index in [0.29, 0.717) is 24.7 Å². The second kappa shape index (κ2) is 8.32. The molecular formula is C20H33N3O. The first-order chi connectivity index (χ1) is 11.7. The summed E-state index contributed by atoms with van der Waals surface area (Å²) in [5, 5.41) is 9.42. The van der Waals surface area contributed by atoms with E-state index in [1.165, 1.54) is 25.1 Å². The van der Waals surface area contributed by atoms with Gasteiger partial charge in [0.05, 0.1) is 0 Å². The van der Waals surface area contributed by atoms with Crippen molar-refractivity contribution in [2.24, 2.45) is 0 Å². The molecule has 2 heterocycles. The summed E-state index contributed by atoms with van der Waals surface area (Å²) in [6.07, 6.45) is 3.41. The van der Waals surface area contributed by atoms with Crippen molar-refractivity contribution in [2.75, 3.05) is 44.2 Å². The van der Waals surface area contributed by atoms with Crippen LogP contribution in [0.15, 0.2) is 30.3 Å². The van der Waals surface area contributed by atoms with Gasteiger partial charge in [0.15, 0.2) is 0 Å². The molecule has 4 heteroatoms. The highest BCUT2D eigenvalue weighted by Crippen LogP contribution is 2.25. The number of hydrogen-bond donors (Lipinski definition) is 1. The van der Waals surface area contributed by atoms with E-state index in [9.17, 15) is 5.11 Å². The van der Waals surface area contributed by atoms with Crippen molar-refractivity contribution in [2.45, 2.75) is 51.2 Å². The lowest BCUT2D eigenvalue weighted by Crippen LogP contribution is -2.59. The maximum atomic E-state index is 9.42. The zero-order chi connectivity index (χ0) is 16.9. The van der Waals surface area contributed by atoms with Gasteiger partial charge in [0.25, 0.3) is 0 Å². The fourth-order valence-electron chi connectivity index (χ4n) is 4.44. The molecule has 0 spiro atoms. The lowest BCUT2D eigenvalue weighted by atomic mass is 9.98. The van der Waals surface area contributed by atoms with E-state index in [-0.39, 0.29) is 0 Å². The molecule has 1 aromatic rings. The van der Waals surface area contributed by atoms with Crippen molar-refractivity contribution < 1.29 is 5.11 Å². The van der Waals surface area contributed by atoms with E-state index in [1.807, 2.05) is 0 Å². The van der Waals surface area contributed by atoms with Crippen LogP contribution in [0.4, 0.5) is 5.69 Å². The largest absolute Gasteiger partial charge is 0.396 e. The topological polar surface area (TPSA) is 30.0 Å². The van der Waals surface area contributed by atoms with Crippen LogP contribution < -0.4 is 4.90 Å². The number of para-hydroxylation sites is 1. The Bertz CT molecular complexity index is 485. The van der Waals surface area contributed by atoms with E-state index >= 15 is 0 Å². The first-order valence-corrected chi connectivity index (χ1v) is 9.59. The number of nitrogens with zero attached hydrogens (tertiary/aromatic N) is 3. The first-order valence-electron chi connectivity index (χ1n) is 9.59. The van der Waals surface area contributed by atoms with Gasteiger partial charge < -0.3 is 10.0 Å². The van der Waals surface area contributed by atoms with Gasteiger partial charge in [0, 0.05) is 63.1 Å². The molecule has 2 saturated heterocycles. The van der Waals surface area contributed by atoms with Gasteiger partial charge in [-0.1, -0.05) is 18.2 Å². The Kier molecular flexibility index (Phi) is 6.14. The van der Waals surface area contributed by atoms with Gasteiger partial charge in [-0.25, -0.2) is 0 Å². The van der Waals surface area contributed by atoms with Gasteiger partial charge in [-0.3, -0.25) is 9.80 Å². The van der Waals surface area contributed by atoms with Crippen molar-refractivity contribution in [3.8, 4) is 0 Å². The Hall–Kier alpha value is -1.10. The molecule has 2 aliphatic rings. The molecule has 24 heavy (non-hydrogen) atoms. The SMILES string of the molecule is CC(C)N1CCN(C2CCN(c3ccccc3)CC2)CC1CCO. The molecule has 1 N–H and O–H groups in total. The first kappa shape index (κ1) is 17.7. The highest BCUT2D eigenvalue weighted by molar-refractivity contribution is 5.46. The molecule has 0 saturated carbocycles. The highest BCUT2D eigenvalue weighted by Gasteiger charge is 2.33. The molecule has 2 fully saturated rings. The third kappa shape index (κ3) is 4.11. The van der Waals surface area contributed by atoms with Crippen molar-refractivity contribution in [3.63, 3.8) is 0 Å². The molecule has 1 atom stereocenters. The molecule has 0 radical (unpaired) electrons. The number of rotatable bonds is 5. The summed E-state index contributed by atoms with van der Waals surface area (Å²) in [5.74, 6) is 0. The molecule has 0 bridgehead atoms. The average Bonchev–Trinajstić information content (AvgIpc) is 2.63. The number of anilines is 1. The predicted octanol–water partition coefficient (Wildman–Crippen LogP) is 2.43. The number of benzene rings is 1. The van der Waals surface area contributed by atoms with Crippen LogP contribution in [0, 0.1) is 0 Å². The monoisotopic (exact) mass is 331 g/mol. The van der Waals surface area contributed by atoms with Crippen molar-refractivity contribution in [1.82, 2.24) is 9.80 Å². The third-order valence-corrected chi connectivity index (χ3v) is 5.79. The maximum Gasteiger partial charge on any atom is 0.0446 e. The van der Waals surface area contributed by atoms with Crippen molar-refractivity contribution in [3.05, 3.63) is 30.3 Å². The smallest absolute Gasteiger partial charge is 0.0446 e. The number of piperidine rings is 1. The minimum atomic E-state index is 0.300. The molecule has 4 nitrogen and oxygen atoms in total. The van der Waals surface area contributed by atoms with Crippen LogP contribution in [0.5, 0.6) is 0 Å². The van der Waals surface area contributed by atoms with Gasteiger partial charge in [0.2, 0.25) is 0 Å². The quantitative estimate of drug-likeness (QED) is 0.897. The second-order valence-electron chi connectivity index (χ2n) is 7.55. The molecule has 1 unspecified atom stereocenters. The Morgan fingerprint density at radius 1 is 1.04 bits per heavy atom. The zero-order valence-corrected chi connectivity index (χ0v) is 15.3. The average molecular weight is 332 g/mol. The van der Waals surface area contributed by atoms with Gasteiger partial charge >= 0.3 is 0 Å². The fraction of sp³-hybridized carbons (Fsp3) is 0.700. The molecule has 2 aliphatic heterocycles. The van der Waals surface area contributed by atoms with E-state index in [2.05, 4.69) is 58.9 Å². The minimum Gasteiger partial charge on any atom is -0.396 e. The maximum absolute atomic E-state index is 9.42. The van der Waals surface area contributed by atoms with Gasteiger partial charge in [-0.05, 0) is 45.2 Å². The molecular weight excluding hydrogens is 298 g/mol. The van der Waals surface area contributed by atoms with Crippen LogP contribution in [0.3, 0.4) is 0 Å². The van der Waals surface area contributed by atoms with Crippen LogP contribution in [-0.2, 0) is 0 Å². The lowest BCUT2D eigenvalue weighted by molar-refractivity contribution is 0.0134. The van der Waals surface area contributed by atoms with Crippen molar-refractivity contribution >= 4 is 5.69 Å². The predicted molar refractivity (Wildman–Crippen MR) is 101 cm³/mol. The summed E-state index contributed by atoms with van der Waals surface area (Å²) in [6, 6.07) is 12.6. The van der Waals surface area contributed by atoms with E-state index in [1.54, 1.807) is 0 Å². The fourth-order valence-corrected chi connectivity index (χ4v) is 4.44. The van der Waals surface area contributed by atoms with Crippen LogP contribution >= 0.6 is 0 Å². The molecule has 1 aromatic carbocycles. The van der Waals surface area contributed by atoms with Crippen molar-refractivity contribution in [1.29, 1.82) is 0 Å². The van der Waals surface area contributed by atoms with Crippen LogP contribution in [0.2, 0.25) is 0 Å². The highest BCUT2D eigenvalue weighted by atomic mass is 16.3. The summed E-state index contributed by atoms with van der Waals surface area (Å²) in [5.41, 5.74) is 1.36. The molecule has 0 amide bonds. The van der Waals surface area contributed by atoms with E-state index in [0.717, 1.165) is 32.6 Å². The van der Waals surface area contributed by atoms with Crippen LogP contribution in [0.1, 0.15) is 33.1 Å². The Balaban J connectivity index is 1.55. The number of aliphatic hydroxyl groups excluding tert-OH is 1. The molecule has 134 valence electrons. The Labute approximate surface area is 147 Å². The summed E-state index contributed by atoms with van der Waals surface area (Å²) in [4.78, 5) is 7.79. The normalized spacial score (nSPS) is 24.7. The van der Waals surface area contributed by atoms with Crippen LogP contribution in [0.25, 0.3) is 0 Å². The van der Waals surface area contributed by atoms with Crippen LogP contribution in [-0.4, -0.2) is 72.4 Å². The molecule has 0 aromatic heterocycles. The number of hydrogen-bond acceptors (Lipinski definition) is 4. The Morgan fingerprint density at radius 2 is 1.75 bits per heavy atom. The zero-order valence-electron chi connectivity index (χ0n) is 15.3. The number of aliphatic hydroxyl groups is 1. The van der Waals surface area contributed by atoms with E-state index < -0.39 is 0 Å². The molecule has 3 rings (SSSR count). The summed E-state index contributed by atoms with van der Waals surface area (Å²) in [6.45, 7) is 10.6. The van der Waals surface area contributed by atoms with Gasteiger partial charge in [-0.2, -0.15) is 0 Å². The van der Waals surface area contributed by atoms with Gasteiger partial charge in [0.1, 0.15) is 0 Å². The summed E-state index contributed by atoms with van der Waals surface area (Å²) >= 11 is 0. The molecule has 0 aliphatic carbocycles.